The molecule has 5 nitrogen and oxygen atoms in total. The largest absolute Gasteiger partial charge is 0.443 e. The van der Waals surface area contributed by atoms with Gasteiger partial charge < -0.3 is 9.72 Å². The van der Waals surface area contributed by atoms with Crippen molar-refractivity contribution >= 4 is 27.7 Å². The van der Waals surface area contributed by atoms with E-state index >= 15 is 0 Å². The molecule has 0 fully saturated rings. The highest BCUT2D eigenvalue weighted by atomic mass is 79.9. The number of anilines is 1. The third kappa shape index (κ3) is 3.69. The molecule has 28 heavy (non-hydrogen) atoms. The Hall–Kier alpha value is -2.60. The van der Waals surface area contributed by atoms with Gasteiger partial charge in [0, 0.05) is 10.9 Å². The molecule has 1 amide bonds. The lowest BCUT2D eigenvalue weighted by Crippen LogP contribution is -2.37. The number of benzene rings is 2. The topological polar surface area (TPSA) is 58.2 Å². The van der Waals surface area contributed by atoms with Gasteiger partial charge in [-0.25, -0.2) is 9.78 Å². The summed E-state index contributed by atoms with van der Waals surface area (Å²) >= 11 is 3.46. The molecule has 1 aliphatic heterocycles. The van der Waals surface area contributed by atoms with E-state index in [0.29, 0.717) is 6.42 Å². The molecule has 4 rings (SSSR count). The van der Waals surface area contributed by atoms with Crippen molar-refractivity contribution in [3.63, 3.8) is 0 Å². The first kappa shape index (κ1) is 18.7. The van der Waals surface area contributed by atoms with E-state index < -0.39 is 5.60 Å². The maximum absolute atomic E-state index is 13.0. The van der Waals surface area contributed by atoms with Gasteiger partial charge in [-0.3, -0.25) is 4.90 Å². The van der Waals surface area contributed by atoms with E-state index in [2.05, 4.69) is 25.9 Å². The average Bonchev–Trinajstić information content (AvgIpc) is 3.25. The molecule has 1 unspecified atom stereocenters. The lowest BCUT2D eigenvalue weighted by molar-refractivity contribution is 0.0568. The number of H-pyrrole nitrogens is 1. The van der Waals surface area contributed by atoms with Crippen LogP contribution in [0.4, 0.5) is 10.5 Å². The van der Waals surface area contributed by atoms with Gasteiger partial charge in [-0.1, -0.05) is 46.3 Å². The van der Waals surface area contributed by atoms with Crippen molar-refractivity contribution < 1.29 is 9.53 Å². The van der Waals surface area contributed by atoms with E-state index in [1.54, 1.807) is 4.90 Å². The van der Waals surface area contributed by atoms with E-state index in [0.717, 1.165) is 32.8 Å². The van der Waals surface area contributed by atoms with Crippen LogP contribution in [0.25, 0.3) is 11.3 Å². The number of halogens is 1. The minimum Gasteiger partial charge on any atom is -0.443 e. The Morgan fingerprint density at radius 1 is 1.18 bits per heavy atom. The number of fused-ring (bicyclic) bond motifs is 1. The molecule has 1 aliphatic rings. The molecule has 0 spiro atoms. The number of hydrogen-bond donors (Lipinski definition) is 1. The molecule has 0 aliphatic carbocycles. The van der Waals surface area contributed by atoms with Crippen LogP contribution in [0.5, 0.6) is 0 Å². The molecular weight excluding hydrogens is 418 g/mol. The first-order valence-corrected chi connectivity index (χ1v) is 10.0. The van der Waals surface area contributed by atoms with Crippen LogP contribution >= 0.6 is 15.9 Å². The maximum atomic E-state index is 13.0. The van der Waals surface area contributed by atoms with Crippen LogP contribution in [0.3, 0.4) is 0 Å². The molecule has 0 saturated heterocycles. The summed E-state index contributed by atoms with van der Waals surface area (Å²) < 4.78 is 6.70. The summed E-state index contributed by atoms with van der Waals surface area (Å²) in [7, 11) is 0. The number of carbonyl (C=O) groups excluding carboxylic acids is 1. The number of nitrogens with one attached hydrogen (secondary N) is 1. The molecule has 0 radical (unpaired) electrons. The number of carbonyl (C=O) groups is 1. The summed E-state index contributed by atoms with van der Waals surface area (Å²) in [5.74, 6) is 0.750. The zero-order valence-electron chi connectivity index (χ0n) is 16.1. The van der Waals surface area contributed by atoms with E-state index in [1.807, 2.05) is 75.5 Å². The third-order valence-electron chi connectivity index (χ3n) is 4.63. The summed E-state index contributed by atoms with van der Waals surface area (Å²) in [5.41, 5.74) is 3.39. The second kappa shape index (κ2) is 7.09. The minimum atomic E-state index is -0.565. The third-order valence-corrected chi connectivity index (χ3v) is 5.16. The smallest absolute Gasteiger partial charge is 0.415 e. The van der Waals surface area contributed by atoms with E-state index in [9.17, 15) is 4.79 Å². The molecule has 1 N–H and O–H groups in total. The maximum Gasteiger partial charge on any atom is 0.415 e. The van der Waals surface area contributed by atoms with Crippen LogP contribution < -0.4 is 4.90 Å². The second-order valence-electron chi connectivity index (χ2n) is 7.89. The Morgan fingerprint density at radius 2 is 1.89 bits per heavy atom. The van der Waals surface area contributed by atoms with Crippen LogP contribution in [0.1, 0.15) is 38.2 Å². The SMILES string of the molecule is CC(C)(C)OC(=O)N1c2ccccc2CC1c1ncc(-c2ccc(Br)cc2)[nH]1. The Morgan fingerprint density at radius 3 is 2.61 bits per heavy atom. The number of hydrogen-bond acceptors (Lipinski definition) is 3. The van der Waals surface area contributed by atoms with Crippen LogP contribution in [0.15, 0.2) is 59.2 Å². The molecule has 3 aromatic rings. The van der Waals surface area contributed by atoms with Crippen molar-refractivity contribution in [2.45, 2.75) is 38.8 Å². The van der Waals surface area contributed by atoms with Crippen molar-refractivity contribution in [3.8, 4) is 11.3 Å². The van der Waals surface area contributed by atoms with E-state index in [4.69, 9.17) is 4.74 Å². The summed E-state index contributed by atoms with van der Waals surface area (Å²) in [6.45, 7) is 5.63. The first-order valence-electron chi connectivity index (χ1n) is 9.23. The number of ether oxygens (including phenoxy) is 1. The molecule has 2 heterocycles. The highest BCUT2D eigenvalue weighted by Crippen LogP contribution is 2.40. The summed E-state index contributed by atoms with van der Waals surface area (Å²) in [6, 6.07) is 15.7. The standard InChI is InChI=1S/C22H22BrN3O2/c1-22(2,3)28-21(27)26-18-7-5-4-6-15(18)12-19(26)20-24-13-17(25-20)14-8-10-16(23)11-9-14/h4-11,13,19H,12H2,1-3H3,(H,24,25). The second-order valence-corrected chi connectivity index (χ2v) is 8.80. The van der Waals surface area contributed by atoms with E-state index in [-0.39, 0.29) is 12.1 Å². The van der Waals surface area contributed by atoms with Gasteiger partial charge in [0.1, 0.15) is 17.5 Å². The highest BCUT2D eigenvalue weighted by Gasteiger charge is 2.38. The van der Waals surface area contributed by atoms with Crippen LogP contribution in [-0.2, 0) is 11.2 Å². The van der Waals surface area contributed by atoms with Gasteiger partial charge in [0.05, 0.1) is 17.6 Å². The zero-order valence-corrected chi connectivity index (χ0v) is 17.7. The Bertz CT molecular complexity index is 1010. The summed E-state index contributed by atoms with van der Waals surface area (Å²) in [6.07, 6.45) is 2.15. The first-order chi connectivity index (χ1) is 13.3. The number of aromatic nitrogens is 2. The van der Waals surface area contributed by atoms with Gasteiger partial charge in [0.15, 0.2) is 0 Å². The summed E-state index contributed by atoms with van der Waals surface area (Å²) in [5, 5.41) is 0. The normalized spacial score (nSPS) is 16.1. The Kier molecular flexibility index (Phi) is 4.75. The predicted octanol–water partition coefficient (Wildman–Crippen LogP) is 5.88. The number of nitrogens with zero attached hydrogens (tertiary/aromatic N) is 2. The number of rotatable bonds is 2. The number of para-hydroxylation sites is 1. The zero-order chi connectivity index (χ0) is 19.9. The Labute approximate surface area is 172 Å². The summed E-state index contributed by atoms with van der Waals surface area (Å²) in [4.78, 5) is 22.7. The van der Waals surface area contributed by atoms with E-state index in [1.165, 1.54) is 0 Å². The fraction of sp³-hybridized carbons (Fsp3) is 0.273. The molecule has 144 valence electrons. The molecule has 0 bridgehead atoms. The molecule has 1 atom stereocenters. The van der Waals surface area contributed by atoms with Gasteiger partial charge in [-0.15, -0.1) is 0 Å². The van der Waals surface area contributed by atoms with Crippen LogP contribution in [-0.4, -0.2) is 21.7 Å². The van der Waals surface area contributed by atoms with Crippen LogP contribution in [0, 0.1) is 0 Å². The molecule has 6 heteroatoms. The van der Waals surface area contributed by atoms with Gasteiger partial charge in [-0.05, 0) is 50.1 Å². The van der Waals surface area contributed by atoms with Gasteiger partial charge >= 0.3 is 6.09 Å². The lowest BCUT2D eigenvalue weighted by atomic mass is 10.1. The lowest BCUT2D eigenvalue weighted by Gasteiger charge is -2.28. The number of imidazole rings is 1. The van der Waals surface area contributed by atoms with Gasteiger partial charge in [0.25, 0.3) is 0 Å². The predicted molar refractivity (Wildman–Crippen MR) is 113 cm³/mol. The average molecular weight is 440 g/mol. The minimum absolute atomic E-state index is 0.226. The Balaban J connectivity index is 1.68. The fourth-order valence-corrected chi connectivity index (χ4v) is 3.69. The van der Waals surface area contributed by atoms with Crippen molar-refractivity contribution in [1.82, 2.24) is 9.97 Å². The van der Waals surface area contributed by atoms with Crippen molar-refractivity contribution in [2.75, 3.05) is 4.90 Å². The molecular formula is C22H22BrN3O2. The van der Waals surface area contributed by atoms with Crippen molar-refractivity contribution in [2.24, 2.45) is 0 Å². The van der Waals surface area contributed by atoms with Crippen molar-refractivity contribution in [3.05, 3.63) is 70.6 Å². The molecule has 2 aromatic carbocycles. The van der Waals surface area contributed by atoms with Gasteiger partial charge in [-0.2, -0.15) is 0 Å². The van der Waals surface area contributed by atoms with Gasteiger partial charge in [0.2, 0.25) is 0 Å². The van der Waals surface area contributed by atoms with Crippen molar-refractivity contribution in [1.29, 1.82) is 0 Å². The number of amides is 1. The highest BCUT2D eigenvalue weighted by molar-refractivity contribution is 9.10. The number of aromatic amines is 1. The monoisotopic (exact) mass is 439 g/mol. The molecule has 0 saturated carbocycles. The van der Waals surface area contributed by atoms with Crippen LogP contribution in [0.2, 0.25) is 0 Å². The fourth-order valence-electron chi connectivity index (χ4n) is 3.42. The molecule has 1 aromatic heterocycles. The quantitative estimate of drug-likeness (QED) is 0.542.